The minimum Gasteiger partial charge on any atom is -0.326 e. The number of amides is 1. The average molecular weight is 200 g/mol. The van der Waals surface area contributed by atoms with Gasteiger partial charge >= 0.3 is 0 Å². The molecule has 1 amide bonds. The molecule has 0 saturated carbocycles. The maximum atomic E-state index is 10.7. The zero-order valence-electron chi connectivity index (χ0n) is 7.10. The van der Waals surface area contributed by atoms with E-state index in [1.54, 1.807) is 18.2 Å². The van der Waals surface area contributed by atoms with Crippen LogP contribution in [-0.4, -0.2) is 5.91 Å². The van der Waals surface area contributed by atoms with Crippen molar-refractivity contribution in [3.8, 4) is 0 Å². The molecule has 1 rings (SSSR count). The quantitative estimate of drug-likeness (QED) is 0.501. The molecule has 5 heteroatoms. The molecule has 0 spiro atoms. The number of carbonyl (C=O) groups excluding carboxylic acids is 1. The molecule has 0 saturated heterocycles. The summed E-state index contributed by atoms with van der Waals surface area (Å²) < 4.78 is 0. The molecule has 0 fully saturated rings. The monoisotopic (exact) mass is 199 g/mol. The van der Waals surface area contributed by atoms with E-state index in [0.29, 0.717) is 16.4 Å². The van der Waals surface area contributed by atoms with Crippen LogP contribution >= 0.6 is 11.6 Å². The van der Waals surface area contributed by atoms with E-state index in [9.17, 15) is 4.79 Å². The van der Waals surface area contributed by atoms with E-state index in [0.717, 1.165) is 0 Å². The highest BCUT2D eigenvalue weighted by molar-refractivity contribution is 6.33. The molecule has 4 nitrogen and oxygen atoms in total. The molecule has 0 unspecified atom stereocenters. The summed E-state index contributed by atoms with van der Waals surface area (Å²) in [5.41, 5.74) is 3.66. The second-order valence-corrected chi connectivity index (χ2v) is 2.93. The first kappa shape index (κ1) is 9.83. The number of rotatable bonds is 2. The molecule has 0 aliphatic carbocycles. The van der Waals surface area contributed by atoms with Gasteiger partial charge in [-0.05, 0) is 18.2 Å². The topological polar surface area (TPSA) is 67.2 Å². The number of nitrogen functional groups attached to an aromatic ring is 1. The lowest BCUT2D eigenvalue weighted by Crippen LogP contribution is -2.09. The minimum atomic E-state index is -0.134. The summed E-state index contributed by atoms with van der Waals surface area (Å²) in [4.78, 5) is 10.7. The van der Waals surface area contributed by atoms with Crippen LogP contribution in [0, 0.1) is 0 Å². The van der Waals surface area contributed by atoms with Crippen LogP contribution in [0.3, 0.4) is 0 Å². The van der Waals surface area contributed by atoms with Gasteiger partial charge in [-0.2, -0.15) is 0 Å². The number of nitrogens with one attached hydrogen (secondary N) is 2. The van der Waals surface area contributed by atoms with Gasteiger partial charge in [0.15, 0.2) is 0 Å². The summed E-state index contributed by atoms with van der Waals surface area (Å²) >= 11 is 5.78. The van der Waals surface area contributed by atoms with Crippen molar-refractivity contribution >= 4 is 28.9 Å². The van der Waals surface area contributed by atoms with E-state index in [1.807, 2.05) is 0 Å². The maximum Gasteiger partial charge on any atom is 0.221 e. The molecule has 0 atom stereocenters. The Morgan fingerprint density at radius 1 is 1.54 bits per heavy atom. The van der Waals surface area contributed by atoms with Gasteiger partial charge in [0.2, 0.25) is 5.91 Å². The standard InChI is InChI=1S/C8H10ClN3O/c1-5(13)11-6-2-3-7(9)8(4-6)12-10/h2-4,12H,10H2,1H3,(H,11,13). The van der Waals surface area contributed by atoms with Crippen molar-refractivity contribution in [2.75, 3.05) is 10.7 Å². The first-order valence-corrected chi connectivity index (χ1v) is 4.05. The van der Waals surface area contributed by atoms with Crippen LogP contribution < -0.4 is 16.6 Å². The van der Waals surface area contributed by atoms with E-state index >= 15 is 0 Å². The Kier molecular flexibility index (Phi) is 3.11. The number of carbonyl (C=O) groups is 1. The lowest BCUT2D eigenvalue weighted by molar-refractivity contribution is -0.114. The lowest BCUT2D eigenvalue weighted by atomic mass is 10.3. The normalized spacial score (nSPS) is 9.46. The summed E-state index contributed by atoms with van der Waals surface area (Å²) in [6.45, 7) is 1.43. The highest BCUT2D eigenvalue weighted by Crippen LogP contribution is 2.24. The Hall–Kier alpha value is -1.26. The van der Waals surface area contributed by atoms with Crippen LogP contribution in [-0.2, 0) is 4.79 Å². The smallest absolute Gasteiger partial charge is 0.221 e. The molecular weight excluding hydrogens is 190 g/mol. The van der Waals surface area contributed by atoms with E-state index < -0.39 is 0 Å². The molecule has 0 aliphatic heterocycles. The summed E-state index contributed by atoms with van der Waals surface area (Å²) in [7, 11) is 0. The van der Waals surface area contributed by atoms with Crippen molar-refractivity contribution in [2.45, 2.75) is 6.92 Å². The highest BCUT2D eigenvalue weighted by atomic mass is 35.5. The molecule has 1 aromatic rings. The van der Waals surface area contributed by atoms with Gasteiger partial charge in [-0.3, -0.25) is 10.6 Å². The van der Waals surface area contributed by atoms with Gasteiger partial charge in [-0.25, -0.2) is 0 Å². The second-order valence-electron chi connectivity index (χ2n) is 2.52. The Balaban J connectivity index is 2.92. The third-order valence-electron chi connectivity index (χ3n) is 1.44. The fourth-order valence-corrected chi connectivity index (χ4v) is 1.09. The molecule has 70 valence electrons. The first-order chi connectivity index (χ1) is 6.13. The van der Waals surface area contributed by atoms with E-state index in [-0.39, 0.29) is 5.91 Å². The molecule has 0 bridgehead atoms. The first-order valence-electron chi connectivity index (χ1n) is 3.67. The van der Waals surface area contributed by atoms with Gasteiger partial charge in [0.25, 0.3) is 0 Å². The molecule has 4 N–H and O–H groups in total. The van der Waals surface area contributed by atoms with Crippen molar-refractivity contribution in [3.63, 3.8) is 0 Å². The predicted octanol–water partition coefficient (Wildman–Crippen LogP) is 1.58. The third-order valence-corrected chi connectivity index (χ3v) is 1.77. The fraction of sp³-hybridized carbons (Fsp3) is 0.125. The predicted molar refractivity (Wildman–Crippen MR) is 53.6 cm³/mol. The molecular formula is C8H10ClN3O. The summed E-state index contributed by atoms with van der Waals surface area (Å²) in [6.07, 6.45) is 0. The molecule has 0 aliphatic rings. The number of nitrogens with two attached hydrogens (primary N) is 1. The SMILES string of the molecule is CC(=O)Nc1ccc(Cl)c(NN)c1. The molecule has 13 heavy (non-hydrogen) atoms. The number of benzene rings is 1. The van der Waals surface area contributed by atoms with Crippen LogP contribution in [0.1, 0.15) is 6.92 Å². The van der Waals surface area contributed by atoms with Gasteiger partial charge in [-0.15, -0.1) is 0 Å². The number of hydrazine groups is 1. The van der Waals surface area contributed by atoms with Crippen molar-refractivity contribution in [1.82, 2.24) is 0 Å². The number of halogens is 1. The van der Waals surface area contributed by atoms with Crippen LogP contribution in [0.2, 0.25) is 5.02 Å². The zero-order valence-corrected chi connectivity index (χ0v) is 7.85. The summed E-state index contributed by atoms with van der Waals surface area (Å²) in [5.74, 6) is 5.07. The molecule has 1 aromatic carbocycles. The molecule has 0 heterocycles. The van der Waals surface area contributed by atoms with Gasteiger partial charge in [-0.1, -0.05) is 11.6 Å². The van der Waals surface area contributed by atoms with Crippen molar-refractivity contribution in [1.29, 1.82) is 0 Å². The van der Waals surface area contributed by atoms with E-state index in [4.69, 9.17) is 17.4 Å². The van der Waals surface area contributed by atoms with Gasteiger partial charge < -0.3 is 10.7 Å². The Morgan fingerprint density at radius 2 is 2.23 bits per heavy atom. The Bertz CT molecular complexity index is 327. The van der Waals surface area contributed by atoms with E-state index in [1.165, 1.54) is 6.92 Å². The Morgan fingerprint density at radius 3 is 2.77 bits per heavy atom. The van der Waals surface area contributed by atoms with Crippen molar-refractivity contribution in [2.24, 2.45) is 5.84 Å². The minimum absolute atomic E-state index is 0.134. The second kappa shape index (κ2) is 4.11. The summed E-state index contributed by atoms with van der Waals surface area (Å²) in [5, 5.41) is 3.12. The number of hydrogen-bond donors (Lipinski definition) is 3. The van der Waals surface area contributed by atoms with Crippen LogP contribution in [0.15, 0.2) is 18.2 Å². The summed E-state index contributed by atoms with van der Waals surface area (Å²) in [6, 6.07) is 5.01. The Labute approximate surface area is 81.0 Å². The third kappa shape index (κ3) is 2.61. The number of anilines is 2. The number of hydrogen-bond acceptors (Lipinski definition) is 3. The maximum absolute atomic E-state index is 10.7. The highest BCUT2D eigenvalue weighted by Gasteiger charge is 2.00. The zero-order chi connectivity index (χ0) is 9.84. The van der Waals surface area contributed by atoms with Crippen LogP contribution in [0.25, 0.3) is 0 Å². The lowest BCUT2D eigenvalue weighted by Gasteiger charge is -2.06. The molecule has 0 aromatic heterocycles. The van der Waals surface area contributed by atoms with Gasteiger partial charge in [0.1, 0.15) is 0 Å². The van der Waals surface area contributed by atoms with Gasteiger partial charge in [0.05, 0.1) is 10.7 Å². The van der Waals surface area contributed by atoms with Gasteiger partial charge in [0, 0.05) is 12.6 Å². The largest absolute Gasteiger partial charge is 0.326 e. The van der Waals surface area contributed by atoms with Crippen LogP contribution in [0.4, 0.5) is 11.4 Å². The fourth-order valence-electron chi connectivity index (χ4n) is 0.917. The van der Waals surface area contributed by atoms with Crippen molar-refractivity contribution < 1.29 is 4.79 Å². The average Bonchev–Trinajstić information content (AvgIpc) is 2.07. The van der Waals surface area contributed by atoms with Crippen molar-refractivity contribution in [3.05, 3.63) is 23.2 Å². The van der Waals surface area contributed by atoms with Crippen LogP contribution in [0.5, 0.6) is 0 Å². The van der Waals surface area contributed by atoms with E-state index in [2.05, 4.69) is 10.7 Å². The molecule has 0 radical (unpaired) electrons.